The molecule has 0 aromatic heterocycles. The highest BCUT2D eigenvalue weighted by Gasteiger charge is 2.49. The van der Waals surface area contributed by atoms with Crippen molar-refractivity contribution in [1.82, 2.24) is 0 Å². The van der Waals surface area contributed by atoms with E-state index in [1.807, 2.05) is 13.8 Å². The third-order valence-electron chi connectivity index (χ3n) is 11.3. The number of fused-ring (bicyclic) bond motifs is 1. The summed E-state index contributed by atoms with van der Waals surface area (Å²) in [6.45, 7) is 18.4. The molecule has 0 aliphatic heterocycles. The van der Waals surface area contributed by atoms with Gasteiger partial charge >= 0.3 is 0 Å². The van der Waals surface area contributed by atoms with E-state index in [-0.39, 0.29) is 11.1 Å². The van der Waals surface area contributed by atoms with Crippen molar-refractivity contribution in [1.29, 1.82) is 0 Å². The van der Waals surface area contributed by atoms with E-state index in [0.29, 0.717) is 6.04 Å². The molecule has 1 aliphatic carbocycles. The molecule has 1 aliphatic rings. The molecule has 0 spiro atoms. The smallest absolute Gasteiger partial charge is 0.257 e. The molecule has 0 amide bonds. The van der Waals surface area contributed by atoms with Crippen LogP contribution in [-0.4, -0.2) is 16.4 Å². The van der Waals surface area contributed by atoms with Gasteiger partial charge in [-0.25, -0.2) is 22.0 Å². The van der Waals surface area contributed by atoms with Crippen LogP contribution in [0.1, 0.15) is 126 Å². The minimum absolute atomic E-state index is 0.0678. The molecule has 1 fully saturated rings. The van der Waals surface area contributed by atoms with Gasteiger partial charge in [-0.2, -0.15) is 4.39 Å². The van der Waals surface area contributed by atoms with Crippen molar-refractivity contribution < 1.29 is 30.8 Å². The average Bonchev–Trinajstić information content (AvgIpc) is 2.97. The molecule has 255 valence electrons. The zero-order valence-electron chi connectivity index (χ0n) is 28.8. The SMILES string of the molecule is CC(C)[Si](CCCCCCCC[Si](C(C)C)(C(C)C)C(C)C)(Oc1c(F)c(F)c2c(F)[c]c(F)c(F)c2c1F)C1CCCCC1. The number of unbranched alkanes of at least 4 members (excludes halogenated alkanes) is 5. The second-order valence-corrected chi connectivity index (χ2v) is 25.6. The van der Waals surface area contributed by atoms with Gasteiger partial charge in [0.1, 0.15) is 5.82 Å². The molecule has 1 unspecified atom stereocenters. The van der Waals surface area contributed by atoms with E-state index in [1.165, 1.54) is 25.0 Å². The Balaban J connectivity index is 1.79. The van der Waals surface area contributed by atoms with Crippen molar-refractivity contribution in [3.8, 4) is 5.75 Å². The molecule has 0 heterocycles. The quantitative estimate of drug-likeness (QED) is 0.0746. The zero-order valence-corrected chi connectivity index (χ0v) is 30.8. The molecule has 0 saturated heterocycles. The van der Waals surface area contributed by atoms with Gasteiger partial charge in [-0.15, -0.1) is 0 Å². The summed E-state index contributed by atoms with van der Waals surface area (Å²) in [5, 5.41) is -2.56. The first kappa shape index (κ1) is 38.0. The first-order chi connectivity index (χ1) is 21.1. The summed E-state index contributed by atoms with van der Waals surface area (Å²) in [7, 11) is -4.43. The van der Waals surface area contributed by atoms with E-state index >= 15 is 13.2 Å². The Bertz CT molecular complexity index is 1250. The van der Waals surface area contributed by atoms with Crippen LogP contribution in [0, 0.1) is 41.0 Å². The normalized spacial score (nSPS) is 16.5. The molecular weight excluding hydrogens is 619 g/mol. The van der Waals surface area contributed by atoms with Crippen LogP contribution in [0.2, 0.25) is 39.8 Å². The minimum Gasteiger partial charge on any atom is -0.539 e. The van der Waals surface area contributed by atoms with Crippen LogP contribution in [0.3, 0.4) is 0 Å². The second kappa shape index (κ2) is 16.1. The number of rotatable bonds is 16. The van der Waals surface area contributed by atoms with Crippen LogP contribution in [0.25, 0.3) is 10.8 Å². The molecule has 2 aromatic carbocycles. The van der Waals surface area contributed by atoms with E-state index in [2.05, 4.69) is 41.5 Å². The van der Waals surface area contributed by atoms with Gasteiger partial charge in [-0.1, -0.05) is 136 Å². The predicted molar refractivity (Wildman–Crippen MR) is 179 cm³/mol. The summed E-state index contributed by atoms with van der Waals surface area (Å²) in [6.07, 6.45) is 11.1. The third kappa shape index (κ3) is 7.81. The van der Waals surface area contributed by atoms with Gasteiger partial charge < -0.3 is 4.43 Å². The lowest BCUT2D eigenvalue weighted by atomic mass is 10.0. The Morgan fingerprint density at radius 3 is 1.60 bits per heavy atom. The van der Waals surface area contributed by atoms with E-state index in [9.17, 15) is 13.2 Å². The minimum atomic E-state index is -3.03. The number of hydrogen-bond donors (Lipinski definition) is 0. The molecule has 1 atom stereocenters. The summed E-state index contributed by atoms with van der Waals surface area (Å²) >= 11 is 0. The molecule has 2 aromatic rings. The molecule has 1 nitrogen and oxygen atoms in total. The fourth-order valence-electron chi connectivity index (χ4n) is 8.87. The lowest BCUT2D eigenvalue weighted by molar-refractivity contribution is 0.375. The summed E-state index contributed by atoms with van der Waals surface area (Å²) < 4.78 is 95.8. The third-order valence-corrected chi connectivity index (χ3v) is 24.7. The van der Waals surface area contributed by atoms with Crippen molar-refractivity contribution in [2.24, 2.45) is 0 Å². The fourth-order valence-corrected chi connectivity index (χ4v) is 20.6. The van der Waals surface area contributed by atoms with Crippen LogP contribution < -0.4 is 4.43 Å². The standard InChI is InChI=1S/C36H55F6OSi2/c1-23(2)44(24(3)4,25(5)6)20-16-11-9-10-12-17-21-45(26(7)8,27-18-14-13-15-19-27)43-36-34(41)31-30(33(40)35(36)42)28(37)22-29(38)32(31)39/h23-27H,9-21H2,1-8H3. The van der Waals surface area contributed by atoms with Gasteiger partial charge in [-0.3, -0.25) is 0 Å². The van der Waals surface area contributed by atoms with Crippen molar-refractivity contribution in [3.63, 3.8) is 0 Å². The molecule has 0 bridgehead atoms. The van der Waals surface area contributed by atoms with E-state index in [4.69, 9.17) is 4.43 Å². The molecule has 1 saturated carbocycles. The highest BCUT2D eigenvalue weighted by Crippen LogP contribution is 2.49. The van der Waals surface area contributed by atoms with E-state index in [0.717, 1.165) is 74.4 Å². The van der Waals surface area contributed by atoms with Gasteiger partial charge in [-0.05, 0) is 30.0 Å². The zero-order chi connectivity index (χ0) is 33.7. The Hall–Kier alpha value is -1.49. The monoisotopic (exact) mass is 673 g/mol. The summed E-state index contributed by atoms with van der Waals surface area (Å²) in [4.78, 5) is 0. The summed E-state index contributed by atoms with van der Waals surface area (Å²) in [5.41, 5.74) is 2.29. The van der Waals surface area contributed by atoms with Gasteiger partial charge in [0.05, 0.1) is 24.9 Å². The number of halogens is 6. The average molecular weight is 674 g/mol. The molecule has 3 rings (SSSR count). The highest BCUT2D eigenvalue weighted by atomic mass is 28.4. The van der Waals surface area contributed by atoms with Gasteiger partial charge in [0.15, 0.2) is 29.0 Å². The van der Waals surface area contributed by atoms with Crippen molar-refractivity contribution in [3.05, 3.63) is 41.0 Å². The topological polar surface area (TPSA) is 9.23 Å². The Kier molecular flexibility index (Phi) is 13.6. The van der Waals surface area contributed by atoms with Crippen LogP contribution in [0.15, 0.2) is 0 Å². The first-order valence-corrected chi connectivity index (χ1v) is 22.1. The van der Waals surface area contributed by atoms with Crippen molar-refractivity contribution in [2.45, 2.75) is 166 Å². The Morgan fingerprint density at radius 2 is 1.09 bits per heavy atom. The lowest BCUT2D eigenvalue weighted by Gasteiger charge is -2.44. The molecule has 1 radical (unpaired) electrons. The van der Waals surface area contributed by atoms with E-state index in [1.54, 1.807) is 0 Å². The van der Waals surface area contributed by atoms with Gasteiger partial charge in [0.2, 0.25) is 5.82 Å². The number of benzene rings is 2. The lowest BCUT2D eigenvalue weighted by Crippen LogP contribution is -2.50. The second-order valence-electron chi connectivity index (χ2n) is 14.8. The van der Waals surface area contributed by atoms with Crippen molar-refractivity contribution in [2.75, 3.05) is 0 Å². The predicted octanol–water partition coefficient (Wildman–Crippen LogP) is 13.6. The van der Waals surface area contributed by atoms with Gasteiger partial charge in [0, 0.05) is 0 Å². The first-order valence-electron chi connectivity index (χ1n) is 17.4. The van der Waals surface area contributed by atoms with Crippen molar-refractivity contribution >= 4 is 27.2 Å². The van der Waals surface area contributed by atoms with Crippen LogP contribution in [0.4, 0.5) is 26.3 Å². The van der Waals surface area contributed by atoms with E-state index < -0.39 is 67.8 Å². The Morgan fingerprint density at radius 1 is 0.578 bits per heavy atom. The highest BCUT2D eigenvalue weighted by molar-refractivity contribution is 6.83. The van der Waals surface area contributed by atoms with Crippen LogP contribution in [0.5, 0.6) is 5.75 Å². The maximum atomic E-state index is 15.8. The molecular formula is C36H55F6OSi2. The summed E-state index contributed by atoms with van der Waals surface area (Å²) in [6, 6.07) is 3.36. The van der Waals surface area contributed by atoms with Crippen LogP contribution >= 0.6 is 0 Å². The molecule has 45 heavy (non-hydrogen) atoms. The molecule has 0 N–H and O–H groups in total. The maximum Gasteiger partial charge on any atom is 0.257 e. The Labute approximate surface area is 270 Å². The number of hydrogen-bond acceptors (Lipinski definition) is 1. The summed E-state index contributed by atoms with van der Waals surface area (Å²) in [5.74, 6) is -11.4. The fraction of sp³-hybridized carbons (Fsp3) is 0.722. The van der Waals surface area contributed by atoms with Gasteiger partial charge in [0.25, 0.3) is 8.32 Å². The molecule has 9 heteroatoms. The largest absolute Gasteiger partial charge is 0.539 e. The van der Waals surface area contributed by atoms with Crippen LogP contribution in [-0.2, 0) is 0 Å². The maximum absolute atomic E-state index is 15.8.